The largest absolute Gasteiger partial charge is 0.497 e. The predicted octanol–water partition coefficient (Wildman–Crippen LogP) is 2.22. The van der Waals surface area contributed by atoms with Crippen LogP contribution >= 0.6 is 0 Å². The fourth-order valence-corrected chi connectivity index (χ4v) is 3.30. The topological polar surface area (TPSA) is 123 Å². The van der Waals surface area contributed by atoms with Crippen molar-refractivity contribution in [3.63, 3.8) is 0 Å². The molecule has 0 bridgehead atoms. The maximum atomic E-state index is 12.7. The predicted molar refractivity (Wildman–Crippen MR) is 127 cm³/mol. The van der Waals surface area contributed by atoms with Crippen molar-refractivity contribution >= 4 is 11.5 Å². The molecule has 32 heavy (non-hydrogen) atoms. The second kappa shape index (κ2) is 12.2. The second-order valence-electron chi connectivity index (χ2n) is 8.27. The maximum absolute atomic E-state index is 12.7. The molecular formula is C23H36N4O5. The lowest BCUT2D eigenvalue weighted by molar-refractivity contribution is 0.112. The van der Waals surface area contributed by atoms with Gasteiger partial charge in [0.15, 0.2) is 0 Å². The molecule has 1 unspecified atom stereocenters. The van der Waals surface area contributed by atoms with E-state index in [0.29, 0.717) is 30.5 Å². The molecule has 0 saturated carbocycles. The molecule has 0 amide bonds. The minimum atomic E-state index is -0.876. The van der Waals surface area contributed by atoms with E-state index in [1.807, 2.05) is 6.92 Å². The first-order chi connectivity index (χ1) is 15.3. The zero-order valence-electron chi connectivity index (χ0n) is 19.5. The summed E-state index contributed by atoms with van der Waals surface area (Å²) in [5.74, 6) is 1.82. The van der Waals surface area contributed by atoms with Gasteiger partial charge in [-0.05, 0) is 43.0 Å². The highest BCUT2D eigenvalue weighted by Gasteiger charge is 2.22. The Morgan fingerprint density at radius 3 is 2.44 bits per heavy atom. The van der Waals surface area contributed by atoms with Crippen LogP contribution < -0.4 is 31.4 Å². The van der Waals surface area contributed by atoms with E-state index in [1.165, 1.54) is 4.57 Å². The number of aromatic amines is 1. The molecule has 0 aliphatic carbocycles. The lowest BCUT2D eigenvalue weighted by Crippen LogP contribution is -2.43. The summed E-state index contributed by atoms with van der Waals surface area (Å²) in [6.45, 7) is 7.29. The molecule has 0 radical (unpaired) electrons. The summed E-state index contributed by atoms with van der Waals surface area (Å²) < 4.78 is 12.2. The molecular weight excluding hydrogens is 412 g/mol. The van der Waals surface area contributed by atoms with Gasteiger partial charge < -0.3 is 25.2 Å². The number of aromatic nitrogens is 2. The number of rotatable bonds is 13. The molecule has 0 fully saturated rings. The van der Waals surface area contributed by atoms with E-state index in [-0.39, 0.29) is 24.7 Å². The number of hydrogen-bond donors (Lipinski definition) is 3. The fraction of sp³-hybridized carbons (Fsp3) is 0.565. The van der Waals surface area contributed by atoms with Gasteiger partial charge in [0.1, 0.15) is 35.7 Å². The van der Waals surface area contributed by atoms with Gasteiger partial charge in [0.05, 0.1) is 7.11 Å². The molecule has 1 aromatic carbocycles. The Morgan fingerprint density at radius 2 is 1.84 bits per heavy atom. The summed E-state index contributed by atoms with van der Waals surface area (Å²) >= 11 is 0. The first-order valence-corrected chi connectivity index (χ1v) is 11.1. The Labute approximate surface area is 188 Å². The number of unbranched alkanes of at least 4 members (excludes halogenated alkanes) is 1. The maximum Gasteiger partial charge on any atom is 0.330 e. The van der Waals surface area contributed by atoms with Gasteiger partial charge >= 0.3 is 5.69 Å². The summed E-state index contributed by atoms with van der Waals surface area (Å²) in [7, 11) is 1.59. The van der Waals surface area contributed by atoms with Gasteiger partial charge in [-0.15, -0.1) is 0 Å². The van der Waals surface area contributed by atoms with Crippen molar-refractivity contribution < 1.29 is 14.6 Å². The summed E-state index contributed by atoms with van der Waals surface area (Å²) in [6.07, 6.45) is 1.57. The van der Waals surface area contributed by atoms with Crippen LogP contribution in [0.2, 0.25) is 0 Å². The molecule has 2 rings (SSSR count). The Bertz CT molecular complexity index is 952. The SMILES string of the molecule is CCCCn1c(N)c(N(CCC(C)C)CC(O)COc2ccc(OC)cc2)c(=O)[nH]c1=O. The number of aliphatic hydroxyl groups is 1. The van der Waals surface area contributed by atoms with Crippen LogP contribution in [-0.4, -0.2) is 47.6 Å². The highest BCUT2D eigenvalue weighted by Crippen LogP contribution is 2.20. The number of H-pyrrole nitrogens is 1. The molecule has 1 aromatic heterocycles. The van der Waals surface area contributed by atoms with E-state index < -0.39 is 17.4 Å². The number of anilines is 2. The molecule has 1 heterocycles. The van der Waals surface area contributed by atoms with Crippen molar-refractivity contribution in [3.05, 3.63) is 45.1 Å². The molecule has 0 spiro atoms. The van der Waals surface area contributed by atoms with Crippen molar-refractivity contribution in [2.45, 2.75) is 52.7 Å². The third kappa shape index (κ3) is 7.05. The number of aliphatic hydroxyl groups excluding tert-OH is 1. The molecule has 4 N–H and O–H groups in total. The first-order valence-electron chi connectivity index (χ1n) is 11.1. The molecule has 9 nitrogen and oxygen atoms in total. The average Bonchev–Trinajstić information content (AvgIpc) is 2.75. The number of nitrogen functional groups attached to an aromatic ring is 1. The third-order valence-electron chi connectivity index (χ3n) is 5.17. The van der Waals surface area contributed by atoms with E-state index in [9.17, 15) is 14.7 Å². The van der Waals surface area contributed by atoms with Crippen molar-refractivity contribution in [1.29, 1.82) is 0 Å². The Kier molecular flexibility index (Phi) is 9.64. The van der Waals surface area contributed by atoms with Crippen molar-refractivity contribution in [1.82, 2.24) is 9.55 Å². The lowest BCUT2D eigenvalue weighted by Gasteiger charge is -2.29. The zero-order valence-corrected chi connectivity index (χ0v) is 19.5. The van der Waals surface area contributed by atoms with Gasteiger partial charge in [0, 0.05) is 19.6 Å². The van der Waals surface area contributed by atoms with Gasteiger partial charge in [-0.2, -0.15) is 0 Å². The fourth-order valence-electron chi connectivity index (χ4n) is 3.30. The van der Waals surface area contributed by atoms with Crippen LogP contribution in [0.1, 0.15) is 40.0 Å². The Balaban J connectivity index is 2.21. The van der Waals surface area contributed by atoms with Crippen LogP contribution in [0.15, 0.2) is 33.9 Å². The number of hydrogen-bond acceptors (Lipinski definition) is 7. The van der Waals surface area contributed by atoms with Crippen LogP contribution in [0, 0.1) is 5.92 Å². The molecule has 1 atom stereocenters. The summed E-state index contributed by atoms with van der Waals surface area (Å²) in [4.78, 5) is 29.1. The minimum Gasteiger partial charge on any atom is -0.497 e. The number of nitrogens with one attached hydrogen (secondary N) is 1. The first kappa shape index (κ1) is 25.3. The van der Waals surface area contributed by atoms with Crippen LogP contribution in [-0.2, 0) is 6.54 Å². The lowest BCUT2D eigenvalue weighted by atomic mass is 10.1. The Hall–Kier alpha value is -2.94. The molecule has 0 aliphatic rings. The number of benzene rings is 1. The average molecular weight is 449 g/mol. The smallest absolute Gasteiger partial charge is 0.330 e. The number of nitrogens with two attached hydrogens (primary N) is 1. The molecule has 0 aliphatic heterocycles. The summed E-state index contributed by atoms with van der Waals surface area (Å²) in [5, 5.41) is 10.6. The standard InChI is InChI=1S/C23H36N4O5/c1-5-6-12-27-21(24)20(22(29)25-23(27)30)26(13-11-16(2)3)14-17(28)15-32-19-9-7-18(31-4)8-10-19/h7-10,16-17,28H,5-6,11-15,24H2,1-4H3,(H,25,29,30). The minimum absolute atomic E-state index is 0.0395. The summed E-state index contributed by atoms with van der Waals surface area (Å²) in [5.41, 5.74) is 5.42. The second-order valence-corrected chi connectivity index (χ2v) is 8.27. The van der Waals surface area contributed by atoms with Gasteiger partial charge in [0.25, 0.3) is 5.56 Å². The highest BCUT2D eigenvalue weighted by molar-refractivity contribution is 5.62. The normalized spacial score (nSPS) is 12.1. The zero-order chi connectivity index (χ0) is 23.7. The number of ether oxygens (including phenoxy) is 2. The van der Waals surface area contributed by atoms with E-state index in [4.69, 9.17) is 15.2 Å². The number of methoxy groups -OCH3 is 1. The van der Waals surface area contributed by atoms with Gasteiger partial charge in [-0.25, -0.2) is 4.79 Å². The van der Waals surface area contributed by atoms with E-state index in [2.05, 4.69) is 18.8 Å². The van der Waals surface area contributed by atoms with Crippen molar-refractivity contribution in [2.75, 3.05) is 37.4 Å². The van der Waals surface area contributed by atoms with Gasteiger partial charge in [0.2, 0.25) is 0 Å². The third-order valence-corrected chi connectivity index (χ3v) is 5.17. The quantitative estimate of drug-likeness (QED) is 0.429. The Morgan fingerprint density at radius 1 is 1.19 bits per heavy atom. The molecule has 9 heteroatoms. The van der Waals surface area contributed by atoms with Crippen molar-refractivity contribution in [2.24, 2.45) is 5.92 Å². The van der Waals surface area contributed by atoms with Crippen LogP contribution in [0.4, 0.5) is 11.5 Å². The molecule has 2 aromatic rings. The summed E-state index contributed by atoms with van der Waals surface area (Å²) in [6, 6.07) is 7.07. The van der Waals surface area contributed by atoms with Gasteiger partial charge in [-0.3, -0.25) is 14.3 Å². The van der Waals surface area contributed by atoms with E-state index >= 15 is 0 Å². The van der Waals surface area contributed by atoms with Crippen LogP contribution in [0.25, 0.3) is 0 Å². The highest BCUT2D eigenvalue weighted by atomic mass is 16.5. The van der Waals surface area contributed by atoms with E-state index in [1.54, 1.807) is 36.3 Å². The van der Waals surface area contributed by atoms with Crippen LogP contribution in [0.3, 0.4) is 0 Å². The number of nitrogens with zero attached hydrogens (tertiary/aromatic N) is 2. The van der Waals surface area contributed by atoms with Gasteiger partial charge in [-0.1, -0.05) is 27.2 Å². The van der Waals surface area contributed by atoms with Crippen molar-refractivity contribution in [3.8, 4) is 11.5 Å². The molecule has 0 saturated heterocycles. The van der Waals surface area contributed by atoms with Crippen LogP contribution in [0.5, 0.6) is 11.5 Å². The van der Waals surface area contributed by atoms with E-state index in [0.717, 1.165) is 19.3 Å². The molecule has 178 valence electrons. The monoisotopic (exact) mass is 448 g/mol.